The van der Waals surface area contributed by atoms with Gasteiger partial charge in [0, 0.05) is 12.1 Å². The maximum Gasteiger partial charge on any atom is 0.327 e. The van der Waals surface area contributed by atoms with E-state index in [1.165, 1.54) is 11.6 Å². The summed E-state index contributed by atoms with van der Waals surface area (Å²) in [5.41, 5.74) is 6.27. The Bertz CT molecular complexity index is 563. The van der Waals surface area contributed by atoms with E-state index in [-0.39, 0.29) is 6.04 Å². The van der Waals surface area contributed by atoms with Gasteiger partial charge >= 0.3 is 11.8 Å². The van der Waals surface area contributed by atoms with E-state index in [2.05, 4.69) is 17.7 Å². The van der Waals surface area contributed by atoms with Crippen LogP contribution in [0.15, 0.2) is 30.3 Å². The van der Waals surface area contributed by atoms with Gasteiger partial charge in [0.15, 0.2) is 0 Å². The molecule has 0 aliphatic heterocycles. The van der Waals surface area contributed by atoms with E-state index < -0.39 is 17.7 Å². The standard InChI is InChI=1S/C16H21N3O3/c1-4-12-5-7-13(8-6-12)9-10-14(20)18-19-16(22)15(21)17-11(2)3/h5-11H,4H2,1-3H3,(H,17,21)(H,18,20)(H,19,22)/b10-9+. The zero-order chi connectivity index (χ0) is 16.5. The second kappa shape index (κ2) is 8.61. The summed E-state index contributed by atoms with van der Waals surface area (Å²) in [5.74, 6) is -2.23. The van der Waals surface area contributed by atoms with E-state index >= 15 is 0 Å². The Morgan fingerprint density at radius 1 is 1.05 bits per heavy atom. The normalized spacial score (nSPS) is 10.5. The van der Waals surface area contributed by atoms with Crippen LogP contribution >= 0.6 is 0 Å². The fraction of sp³-hybridized carbons (Fsp3) is 0.312. The molecule has 0 fully saturated rings. The minimum Gasteiger partial charge on any atom is -0.346 e. The van der Waals surface area contributed by atoms with Crippen LogP contribution in [0.1, 0.15) is 31.9 Å². The highest BCUT2D eigenvalue weighted by molar-refractivity contribution is 6.35. The predicted molar refractivity (Wildman–Crippen MR) is 84.4 cm³/mol. The molecule has 6 heteroatoms. The molecule has 0 spiro atoms. The van der Waals surface area contributed by atoms with Crippen LogP contribution in [-0.2, 0) is 20.8 Å². The van der Waals surface area contributed by atoms with Gasteiger partial charge in [0.2, 0.25) is 0 Å². The number of amides is 3. The molecule has 0 saturated heterocycles. The molecule has 0 radical (unpaired) electrons. The van der Waals surface area contributed by atoms with Crippen molar-refractivity contribution in [3.05, 3.63) is 41.5 Å². The third-order valence-corrected chi connectivity index (χ3v) is 2.74. The first-order valence-electron chi connectivity index (χ1n) is 7.10. The average Bonchev–Trinajstić information content (AvgIpc) is 2.50. The summed E-state index contributed by atoms with van der Waals surface area (Å²) in [7, 11) is 0. The van der Waals surface area contributed by atoms with Gasteiger partial charge < -0.3 is 5.32 Å². The zero-order valence-corrected chi connectivity index (χ0v) is 13.0. The van der Waals surface area contributed by atoms with E-state index in [0.717, 1.165) is 12.0 Å². The molecule has 1 aromatic carbocycles. The van der Waals surface area contributed by atoms with Crippen molar-refractivity contribution >= 4 is 23.8 Å². The largest absolute Gasteiger partial charge is 0.346 e. The number of carbonyl (C=O) groups is 3. The zero-order valence-electron chi connectivity index (χ0n) is 13.0. The molecular weight excluding hydrogens is 282 g/mol. The van der Waals surface area contributed by atoms with Crippen molar-refractivity contribution < 1.29 is 14.4 Å². The van der Waals surface area contributed by atoms with Gasteiger partial charge in [0.05, 0.1) is 0 Å². The number of benzene rings is 1. The van der Waals surface area contributed by atoms with Crippen molar-refractivity contribution in [2.45, 2.75) is 33.2 Å². The molecular formula is C16H21N3O3. The highest BCUT2D eigenvalue weighted by Gasteiger charge is 2.14. The minimum absolute atomic E-state index is 0.153. The molecule has 0 unspecified atom stereocenters. The lowest BCUT2D eigenvalue weighted by atomic mass is 10.1. The monoisotopic (exact) mass is 303 g/mol. The Hall–Kier alpha value is -2.63. The molecule has 1 rings (SSSR count). The summed E-state index contributed by atoms with van der Waals surface area (Å²) in [6.45, 7) is 5.53. The van der Waals surface area contributed by atoms with Crippen LogP contribution < -0.4 is 16.2 Å². The molecule has 6 nitrogen and oxygen atoms in total. The van der Waals surface area contributed by atoms with E-state index in [4.69, 9.17) is 0 Å². The third kappa shape index (κ3) is 6.21. The Balaban J connectivity index is 2.43. The molecule has 3 amide bonds. The number of hydrogen-bond acceptors (Lipinski definition) is 3. The Labute approximate surface area is 129 Å². The molecule has 0 aliphatic carbocycles. The Kier molecular flexibility index (Phi) is 6.82. The van der Waals surface area contributed by atoms with E-state index in [9.17, 15) is 14.4 Å². The summed E-state index contributed by atoms with van der Waals surface area (Å²) >= 11 is 0. The maximum atomic E-state index is 11.5. The van der Waals surface area contributed by atoms with Crippen LogP contribution in [0.3, 0.4) is 0 Å². The number of aryl methyl sites for hydroxylation is 1. The van der Waals surface area contributed by atoms with E-state index in [0.29, 0.717) is 0 Å². The number of rotatable bonds is 4. The lowest BCUT2D eigenvalue weighted by molar-refractivity contribution is -0.140. The molecule has 22 heavy (non-hydrogen) atoms. The fourth-order valence-corrected chi connectivity index (χ4v) is 1.58. The van der Waals surface area contributed by atoms with Crippen LogP contribution in [0.25, 0.3) is 6.08 Å². The first kappa shape index (κ1) is 17.4. The lowest BCUT2D eigenvalue weighted by Crippen LogP contribution is -2.49. The number of nitrogens with one attached hydrogen (secondary N) is 3. The molecule has 1 aromatic rings. The summed E-state index contributed by atoms with van der Waals surface area (Å²) in [6.07, 6.45) is 3.85. The van der Waals surface area contributed by atoms with Crippen LogP contribution in [0.2, 0.25) is 0 Å². The van der Waals surface area contributed by atoms with Crippen molar-refractivity contribution in [1.82, 2.24) is 16.2 Å². The molecule has 0 aliphatic rings. The minimum atomic E-state index is -0.914. The Morgan fingerprint density at radius 2 is 1.68 bits per heavy atom. The first-order chi connectivity index (χ1) is 10.4. The number of carbonyl (C=O) groups excluding carboxylic acids is 3. The molecule has 3 N–H and O–H groups in total. The molecule has 118 valence electrons. The van der Waals surface area contributed by atoms with Gasteiger partial charge in [-0.15, -0.1) is 0 Å². The van der Waals surface area contributed by atoms with Crippen LogP contribution in [-0.4, -0.2) is 23.8 Å². The third-order valence-electron chi connectivity index (χ3n) is 2.74. The molecule has 0 heterocycles. The summed E-state index contributed by atoms with van der Waals surface area (Å²) in [4.78, 5) is 34.2. The van der Waals surface area contributed by atoms with Gasteiger partial charge in [-0.25, -0.2) is 0 Å². The number of hydrogen-bond donors (Lipinski definition) is 3. The summed E-state index contributed by atoms with van der Waals surface area (Å²) < 4.78 is 0. The van der Waals surface area contributed by atoms with Crippen molar-refractivity contribution in [2.24, 2.45) is 0 Å². The molecule has 0 saturated carbocycles. The van der Waals surface area contributed by atoms with Crippen molar-refractivity contribution in [3.63, 3.8) is 0 Å². The van der Waals surface area contributed by atoms with Crippen molar-refractivity contribution in [1.29, 1.82) is 0 Å². The first-order valence-corrected chi connectivity index (χ1v) is 7.10. The van der Waals surface area contributed by atoms with Gasteiger partial charge in [-0.1, -0.05) is 31.2 Å². The quantitative estimate of drug-likeness (QED) is 0.439. The summed E-state index contributed by atoms with van der Waals surface area (Å²) in [5, 5.41) is 2.41. The highest BCUT2D eigenvalue weighted by Crippen LogP contribution is 2.06. The fourth-order valence-electron chi connectivity index (χ4n) is 1.58. The van der Waals surface area contributed by atoms with Crippen molar-refractivity contribution in [2.75, 3.05) is 0 Å². The molecule has 0 bridgehead atoms. The number of hydrazine groups is 1. The van der Waals surface area contributed by atoms with Crippen LogP contribution in [0.4, 0.5) is 0 Å². The van der Waals surface area contributed by atoms with Gasteiger partial charge in [-0.3, -0.25) is 25.2 Å². The van der Waals surface area contributed by atoms with Gasteiger partial charge in [0.25, 0.3) is 5.91 Å². The second-order valence-corrected chi connectivity index (χ2v) is 5.00. The van der Waals surface area contributed by atoms with E-state index in [1.54, 1.807) is 19.9 Å². The Morgan fingerprint density at radius 3 is 2.23 bits per heavy atom. The van der Waals surface area contributed by atoms with Crippen molar-refractivity contribution in [3.8, 4) is 0 Å². The van der Waals surface area contributed by atoms with Gasteiger partial charge in [-0.2, -0.15) is 0 Å². The van der Waals surface area contributed by atoms with Crippen LogP contribution in [0.5, 0.6) is 0 Å². The molecule has 0 aromatic heterocycles. The topological polar surface area (TPSA) is 87.3 Å². The van der Waals surface area contributed by atoms with Crippen LogP contribution in [0, 0.1) is 0 Å². The van der Waals surface area contributed by atoms with E-state index in [1.807, 2.05) is 29.7 Å². The SMILES string of the molecule is CCc1ccc(/C=C/C(=O)NNC(=O)C(=O)NC(C)C)cc1. The maximum absolute atomic E-state index is 11.5. The average molecular weight is 303 g/mol. The second-order valence-electron chi connectivity index (χ2n) is 5.00. The van der Waals surface area contributed by atoms with Gasteiger partial charge in [-0.05, 0) is 37.5 Å². The smallest absolute Gasteiger partial charge is 0.327 e. The van der Waals surface area contributed by atoms with Gasteiger partial charge in [0.1, 0.15) is 0 Å². The predicted octanol–water partition coefficient (Wildman–Crippen LogP) is 0.934. The highest BCUT2D eigenvalue weighted by atomic mass is 16.2. The lowest BCUT2D eigenvalue weighted by Gasteiger charge is -2.08. The molecule has 0 atom stereocenters. The summed E-state index contributed by atoms with van der Waals surface area (Å²) in [6, 6.07) is 7.61.